The van der Waals surface area contributed by atoms with Crippen molar-refractivity contribution in [3.8, 4) is 0 Å². The lowest BCUT2D eigenvalue weighted by atomic mass is 10.1. The van der Waals surface area contributed by atoms with Crippen LogP contribution in [0.15, 0.2) is 18.3 Å². The lowest BCUT2D eigenvalue weighted by molar-refractivity contribution is 0.279. The van der Waals surface area contributed by atoms with E-state index in [1.54, 1.807) is 0 Å². The molecule has 0 spiro atoms. The van der Waals surface area contributed by atoms with Gasteiger partial charge in [-0.2, -0.15) is 0 Å². The molecule has 1 atom stereocenters. The van der Waals surface area contributed by atoms with Crippen LogP contribution in [0, 0.1) is 0 Å². The molecule has 2 heterocycles. The number of pyridine rings is 1. The van der Waals surface area contributed by atoms with Gasteiger partial charge >= 0.3 is 0 Å². The Hall–Kier alpha value is -1.13. The summed E-state index contributed by atoms with van der Waals surface area (Å²) >= 11 is 0. The van der Waals surface area contributed by atoms with E-state index in [1.807, 2.05) is 12.3 Å². The number of aliphatic hydroxyl groups is 1. The standard InChI is InChI=1S/C17H29N3O/c1-17(2,3)19-13-14-7-4-10-18-16(14)20-11-5-8-15(20)9-6-12-21/h4,7,10,15,19,21H,5-6,8-9,11-13H2,1-3H3. The summed E-state index contributed by atoms with van der Waals surface area (Å²) in [5.41, 5.74) is 1.37. The summed E-state index contributed by atoms with van der Waals surface area (Å²) in [6, 6.07) is 4.71. The molecule has 1 aromatic rings. The Labute approximate surface area is 128 Å². The normalized spacial score (nSPS) is 19.2. The maximum absolute atomic E-state index is 9.07. The van der Waals surface area contributed by atoms with E-state index >= 15 is 0 Å². The van der Waals surface area contributed by atoms with Crippen LogP contribution in [-0.2, 0) is 6.54 Å². The molecular formula is C17H29N3O. The molecule has 0 aliphatic carbocycles. The first-order valence-corrected chi connectivity index (χ1v) is 8.08. The van der Waals surface area contributed by atoms with Crippen LogP contribution in [-0.4, -0.2) is 34.8 Å². The zero-order valence-electron chi connectivity index (χ0n) is 13.6. The number of anilines is 1. The van der Waals surface area contributed by atoms with Gasteiger partial charge in [-0.15, -0.1) is 0 Å². The molecule has 1 aromatic heterocycles. The van der Waals surface area contributed by atoms with E-state index in [0.29, 0.717) is 6.04 Å². The molecule has 21 heavy (non-hydrogen) atoms. The van der Waals surface area contributed by atoms with Gasteiger partial charge in [-0.25, -0.2) is 4.98 Å². The van der Waals surface area contributed by atoms with E-state index in [1.165, 1.54) is 18.4 Å². The second kappa shape index (κ2) is 7.23. The summed E-state index contributed by atoms with van der Waals surface area (Å²) in [6.07, 6.45) is 6.25. The molecule has 0 saturated carbocycles. The number of hydrogen-bond donors (Lipinski definition) is 2. The van der Waals surface area contributed by atoms with Crippen LogP contribution in [0.2, 0.25) is 0 Å². The van der Waals surface area contributed by atoms with Crippen molar-refractivity contribution in [2.45, 2.75) is 64.6 Å². The third kappa shape index (κ3) is 4.68. The highest BCUT2D eigenvalue weighted by Crippen LogP contribution is 2.29. The van der Waals surface area contributed by atoms with Crippen molar-refractivity contribution in [2.75, 3.05) is 18.1 Å². The van der Waals surface area contributed by atoms with Gasteiger partial charge in [0.25, 0.3) is 0 Å². The Bertz CT molecular complexity index is 442. The minimum atomic E-state index is 0.106. The van der Waals surface area contributed by atoms with Crippen molar-refractivity contribution in [1.82, 2.24) is 10.3 Å². The Morgan fingerprint density at radius 1 is 1.43 bits per heavy atom. The molecule has 1 aliphatic heterocycles. The van der Waals surface area contributed by atoms with Crippen molar-refractivity contribution >= 4 is 5.82 Å². The topological polar surface area (TPSA) is 48.4 Å². The van der Waals surface area contributed by atoms with Crippen molar-refractivity contribution < 1.29 is 5.11 Å². The Morgan fingerprint density at radius 3 is 2.95 bits per heavy atom. The Morgan fingerprint density at radius 2 is 2.24 bits per heavy atom. The number of hydrogen-bond acceptors (Lipinski definition) is 4. The minimum absolute atomic E-state index is 0.106. The molecular weight excluding hydrogens is 262 g/mol. The smallest absolute Gasteiger partial charge is 0.133 e. The van der Waals surface area contributed by atoms with E-state index in [9.17, 15) is 0 Å². The number of rotatable bonds is 6. The molecule has 0 bridgehead atoms. The summed E-state index contributed by atoms with van der Waals surface area (Å²) in [4.78, 5) is 7.08. The van der Waals surface area contributed by atoms with Gasteiger partial charge in [-0.3, -0.25) is 0 Å². The van der Waals surface area contributed by atoms with Crippen molar-refractivity contribution in [1.29, 1.82) is 0 Å². The van der Waals surface area contributed by atoms with Crippen LogP contribution < -0.4 is 10.2 Å². The third-order valence-corrected chi connectivity index (χ3v) is 4.02. The zero-order valence-corrected chi connectivity index (χ0v) is 13.6. The summed E-state index contributed by atoms with van der Waals surface area (Å²) in [6.45, 7) is 8.76. The van der Waals surface area contributed by atoms with Crippen LogP contribution in [0.3, 0.4) is 0 Å². The fraction of sp³-hybridized carbons (Fsp3) is 0.706. The van der Waals surface area contributed by atoms with Gasteiger partial charge in [-0.1, -0.05) is 6.07 Å². The molecule has 0 radical (unpaired) electrons. The highest BCUT2D eigenvalue weighted by atomic mass is 16.2. The first kappa shape index (κ1) is 16.2. The average Bonchev–Trinajstić information content (AvgIpc) is 2.90. The van der Waals surface area contributed by atoms with E-state index in [4.69, 9.17) is 5.11 Å². The van der Waals surface area contributed by atoms with Gasteiger partial charge in [0.2, 0.25) is 0 Å². The Balaban J connectivity index is 2.11. The van der Waals surface area contributed by atoms with Gasteiger partial charge < -0.3 is 15.3 Å². The molecule has 4 heteroatoms. The SMILES string of the molecule is CC(C)(C)NCc1cccnc1N1CCCC1CCCO. The molecule has 2 N–H and O–H groups in total. The second-order valence-electron chi connectivity index (χ2n) is 6.94. The minimum Gasteiger partial charge on any atom is -0.396 e. The molecule has 0 aromatic carbocycles. The monoisotopic (exact) mass is 291 g/mol. The van der Waals surface area contributed by atoms with Gasteiger partial charge in [0, 0.05) is 43.0 Å². The maximum Gasteiger partial charge on any atom is 0.133 e. The van der Waals surface area contributed by atoms with Crippen LogP contribution >= 0.6 is 0 Å². The van der Waals surface area contributed by atoms with Gasteiger partial charge in [0.15, 0.2) is 0 Å². The quantitative estimate of drug-likeness (QED) is 0.846. The molecule has 2 rings (SSSR count). The molecule has 4 nitrogen and oxygen atoms in total. The number of nitrogens with one attached hydrogen (secondary N) is 1. The molecule has 1 aliphatic rings. The zero-order chi connectivity index (χ0) is 15.3. The molecule has 1 unspecified atom stereocenters. The highest BCUT2D eigenvalue weighted by Gasteiger charge is 2.26. The van der Waals surface area contributed by atoms with Gasteiger partial charge in [0.1, 0.15) is 5.82 Å². The van der Waals surface area contributed by atoms with Crippen LogP contribution in [0.25, 0.3) is 0 Å². The highest BCUT2D eigenvalue weighted by molar-refractivity contribution is 5.48. The number of aliphatic hydroxyl groups excluding tert-OH is 1. The fourth-order valence-corrected chi connectivity index (χ4v) is 2.93. The van der Waals surface area contributed by atoms with E-state index in [0.717, 1.165) is 31.7 Å². The van der Waals surface area contributed by atoms with Crippen LogP contribution in [0.5, 0.6) is 0 Å². The van der Waals surface area contributed by atoms with E-state index in [2.05, 4.69) is 42.0 Å². The molecule has 1 fully saturated rings. The van der Waals surface area contributed by atoms with Crippen LogP contribution in [0.1, 0.15) is 52.0 Å². The maximum atomic E-state index is 9.07. The summed E-state index contributed by atoms with van der Waals surface area (Å²) in [5.74, 6) is 1.12. The van der Waals surface area contributed by atoms with Gasteiger partial charge in [-0.05, 0) is 52.5 Å². The largest absolute Gasteiger partial charge is 0.396 e. The van der Waals surface area contributed by atoms with E-state index < -0.39 is 0 Å². The van der Waals surface area contributed by atoms with E-state index in [-0.39, 0.29) is 12.1 Å². The fourth-order valence-electron chi connectivity index (χ4n) is 2.93. The third-order valence-electron chi connectivity index (χ3n) is 4.02. The van der Waals surface area contributed by atoms with Crippen molar-refractivity contribution in [3.63, 3.8) is 0 Å². The lowest BCUT2D eigenvalue weighted by Gasteiger charge is -2.29. The predicted molar refractivity (Wildman–Crippen MR) is 87.5 cm³/mol. The number of aromatic nitrogens is 1. The van der Waals surface area contributed by atoms with Crippen molar-refractivity contribution in [2.24, 2.45) is 0 Å². The summed E-state index contributed by atoms with van der Waals surface area (Å²) < 4.78 is 0. The van der Waals surface area contributed by atoms with Crippen LogP contribution in [0.4, 0.5) is 5.82 Å². The first-order chi connectivity index (χ1) is 10.0. The summed E-state index contributed by atoms with van der Waals surface area (Å²) in [7, 11) is 0. The summed E-state index contributed by atoms with van der Waals surface area (Å²) in [5, 5.41) is 12.6. The predicted octanol–water partition coefficient (Wildman–Crippen LogP) is 2.71. The number of nitrogens with zero attached hydrogens (tertiary/aromatic N) is 2. The average molecular weight is 291 g/mol. The second-order valence-corrected chi connectivity index (χ2v) is 6.94. The molecule has 1 saturated heterocycles. The lowest BCUT2D eigenvalue weighted by Crippen LogP contribution is -2.36. The Kier molecular flexibility index (Phi) is 5.59. The molecule has 118 valence electrons. The molecule has 0 amide bonds. The van der Waals surface area contributed by atoms with Gasteiger partial charge in [0.05, 0.1) is 0 Å². The van der Waals surface area contributed by atoms with Crippen molar-refractivity contribution in [3.05, 3.63) is 23.9 Å². The first-order valence-electron chi connectivity index (χ1n) is 8.08.